The van der Waals surface area contributed by atoms with Crippen LogP contribution in [0.3, 0.4) is 0 Å². The van der Waals surface area contributed by atoms with Crippen molar-refractivity contribution in [2.24, 2.45) is 11.1 Å². The first kappa shape index (κ1) is 14.6. The number of Topliss-reactive ketones (excluding diaryl/α,β-unsaturated/α-hetero) is 1. The zero-order valence-corrected chi connectivity index (χ0v) is 13.1. The van der Waals surface area contributed by atoms with Gasteiger partial charge in [0.05, 0.1) is 0 Å². The summed E-state index contributed by atoms with van der Waals surface area (Å²) in [6, 6.07) is 7.17. The molecule has 2 N–H and O–H groups in total. The second-order valence-electron chi connectivity index (χ2n) is 6.86. The van der Waals surface area contributed by atoms with Crippen molar-refractivity contribution in [3.63, 3.8) is 0 Å². The number of fused-ring (bicyclic) bond motifs is 1. The van der Waals surface area contributed by atoms with Crippen LogP contribution < -0.4 is 5.73 Å². The Hall–Kier alpha value is -2.36. The van der Waals surface area contributed by atoms with Crippen LogP contribution in [0.5, 0.6) is 0 Å². The number of carbonyl (C=O) groups is 2. The molecule has 1 aromatic carbocycles. The summed E-state index contributed by atoms with van der Waals surface area (Å²) in [5.74, 6) is -0.218. The molecule has 0 unspecified atom stereocenters. The quantitative estimate of drug-likeness (QED) is 0.925. The number of aryl methyl sites for hydroxylation is 1. The van der Waals surface area contributed by atoms with Gasteiger partial charge in [-0.1, -0.05) is 13.8 Å². The summed E-state index contributed by atoms with van der Waals surface area (Å²) in [6.45, 7) is 6.22. The molecule has 0 atom stereocenters. The van der Waals surface area contributed by atoms with Crippen molar-refractivity contribution in [3.8, 4) is 5.69 Å². The van der Waals surface area contributed by atoms with Crippen LogP contribution in [0, 0.1) is 12.3 Å². The number of ketones is 1. The average Bonchev–Trinajstić information content (AvgIpc) is 2.74. The van der Waals surface area contributed by atoms with E-state index in [1.807, 2.05) is 25.3 Å². The first-order valence-corrected chi connectivity index (χ1v) is 7.43. The highest BCUT2D eigenvalue weighted by Gasteiger charge is 2.34. The molecule has 2 aromatic rings. The van der Waals surface area contributed by atoms with Gasteiger partial charge in [0, 0.05) is 35.1 Å². The number of rotatable bonds is 2. The van der Waals surface area contributed by atoms with E-state index in [4.69, 9.17) is 5.73 Å². The second-order valence-corrected chi connectivity index (χ2v) is 6.86. The first-order valence-electron chi connectivity index (χ1n) is 7.43. The summed E-state index contributed by atoms with van der Waals surface area (Å²) < 4.78 is 2.06. The zero-order chi connectivity index (χ0) is 16.1. The molecule has 1 aliphatic rings. The predicted octanol–water partition coefficient (Wildman–Crippen LogP) is 3.04. The summed E-state index contributed by atoms with van der Waals surface area (Å²) in [5, 5.41) is 0. The lowest BCUT2D eigenvalue weighted by Gasteiger charge is -2.30. The molecule has 0 fully saturated rings. The van der Waals surface area contributed by atoms with E-state index < -0.39 is 5.91 Å². The fraction of sp³-hybridized carbons (Fsp3) is 0.333. The van der Waals surface area contributed by atoms with Gasteiger partial charge in [0.15, 0.2) is 5.78 Å². The predicted molar refractivity (Wildman–Crippen MR) is 85.5 cm³/mol. The fourth-order valence-electron chi connectivity index (χ4n) is 3.29. The minimum absolute atomic E-state index is 0.0280. The van der Waals surface area contributed by atoms with Crippen LogP contribution in [0.2, 0.25) is 0 Å². The van der Waals surface area contributed by atoms with Crippen LogP contribution in [0.15, 0.2) is 30.5 Å². The Bertz CT molecular complexity index is 767. The third-order valence-corrected chi connectivity index (χ3v) is 4.29. The van der Waals surface area contributed by atoms with Crippen molar-refractivity contribution in [2.75, 3.05) is 0 Å². The third-order valence-electron chi connectivity index (χ3n) is 4.29. The number of amides is 1. The Morgan fingerprint density at radius 3 is 2.41 bits per heavy atom. The minimum atomic E-state index is -0.437. The van der Waals surface area contributed by atoms with Gasteiger partial charge in [0.1, 0.15) is 0 Å². The van der Waals surface area contributed by atoms with Gasteiger partial charge in [-0.2, -0.15) is 0 Å². The maximum Gasteiger partial charge on any atom is 0.248 e. The summed E-state index contributed by atoms with van der Waals surface area (Å²) >= 11 is 0. The normalized spacial score (nSPS) is 16.4. The number of carbonyl (C=O) groups excluding carboxylic acids is 2. The van der Waals surface area contributed by atoms with Gasteiger partial charge >= 0.3 is 0 Å². The van der Waals surface area contributed by atoms with E-state index in [0.717, 1.165) is 28.9 Å². The van der Waals surface area contributed by atoms with Crippen LogP contribution in [0.1, 0.15) is 52.2 Å². The lowest BCUT2D eigenvalue weighted by molar-refractivity contribution is 0.0909. The van der Waals surface area contributed by atoms with E-state index >= 15 is 0 Å². The Labute approximate surface area is 129 Å². The fourth-order valence-corrected chi connectivity index (χ4v) is 3.29. The van der Waals surface area contributed by atoms with Crippen LogP contribution in [0.25, 0.3) is 5.69 Å². The SMILES string of the molecule is Cc1cn(-c2ccc(C(N)=O)cc2)c2c1C(=O)CC(C)(C)C2. The minimum Gasteiger partial charge on any atom is -0.366 e. The van der Waals surface area contributed by atoms with Gasteiger partial charge in [0.2, 0.25) is 5.91 Å². The molecular weight excluding hydrogens is 276 g/mol. The van der Waals surface area contributed by atoms with Gasteiger partial charge in [-0.25, -0.2) is 0 Å². The van der Waals surface area contributed by atoms with Crippen molar-refractivity contribution in [3.05, 3.63) is 52.8 Å². The van der Waals surface area contributed by atoms with E-state index in [9.17, 15) is 9.59 Å². The van der Waals surface area contributed by atoms with Gasteiger partial charge in [-0.3, -0.25) is 9.59 Å². The number of primary amides is 1. The molecule has 0 saturated heterocycles. The Morgan fingerprint density at radius 2 is 1.82 bits per heavy atom. The first-order chi connectivity index (χ1) is 10.3. The molecule has 1 aromatic heterocycles. The molecule has 4 nitrogen and oxygen atoms in total. The molecule has 3 rings (SSSR count). The molecule has 1 amide bonds. The lowest BCUT2D eigenvalue weighted by Crippen LogP contribution is -2.28. The van der Waals surface area contributed by atoms with Crippen molar-refractivity contribution in [1.29, 1.82) is 0 Å². The van der Waals surface area contributed by atoms with E-state index in [1.165, 1.54) is 0 Å². The van der Waals surface area contributed by atoms with Crippen molar-refractivity contribution in [1.82, 2.24) is 4.57 Å². The maximum absolute atomic E-state index is 12.4. The molecule has 0 spiro atoms. The second kappa shape index (κ2) is 4.83. The zero-order valence-electron chi connectivity index (χ0n) is 13.1. The number of nitrogens with two attached hydrogens (primary N) is 1. The summed E-state index contributed by atoms with van der Waals surface area (Å²) in [7, 11) is 0. The summed E-state index contributed by atoms with van der Waals surface area (Å²) in [5.41, 5.74) is 9.61. The van der Waals surface area contributed by atoms with E-state index in [2.05, 4.69) is 18.4 Å². The molecule has 1 aliphatic carbocycles. The Morgan fingerprint density at radius 1 is 1.18 bits per heavy atom. The molecule has 0 aliphatic heterocycles. The van der Waals surface area contributed by atoms with Gasteiger partial charge in [0.25, 0.3) is 0 Å². The van der Waals surface area contributed by atoms with Gasteiger partial charge in [-0.05, 0) is 48.6 Å². The van der Waals surface area contributed by atoms with Crippen LogP contribution >= 0.6 is 0 Å². The van der Waals surface area contributed by atoms with Crippen molar-refractivity contribution >= 4 is 11.7 Å². The molecule has 114 valence electrons. The van der Waals surface area contributed by atoms with Crippen molar-refractivity contribution < 1.29 is 9.59 Å². The molecule has 0 saturated carbocycles. The lowest BCUT2D eigenvalue weighted by atomic mass is 9.75. The number of benzene rings is 1. The number of nitrogens with zero attached hydrogens (tertiary/aromatic N) is 1. The van der Waals surface area contributed by atoms with E-state index in [-0.39, 0.29) is 11.2 Å². The highest BCUT2D eigenvalue weighted by molar-refractivity contribution is 6.00. The average molecular weight is 296 g/mol. The number of hydrogen-bond acceptors (Lipinski definition) is 2. The molecule has 1 heterocycles. The van der Waals surface area contributed by atoms with Crippen LogP contribution in [-0.4, -0.2) is 16.3 Å². The van der Waals surface area contributed by atoms with Crippen LogP contribution in [0.4, 0.5) is 0 Å². The Balaban J connectivity index is 2.11. The third kappa shape index (κ3) is 2.34. The molecule has 4 heteroatoms. The van der Waals surface area contributed by atoms with E-state index in [1.54, 1.807) is 12.1 Å². The topological polar surface area (TPSA) is 65.1 Å². The van der Waals surface area contributed by atoms with Gasteiger partial charge in [-0.15, -0.1) is 0 Å². The molecule has 0 radical (unpaired) electrons. The maximum atomic E-state index is 12.4. The Kier molecular flexibility index (Phi) is 3.20. The summed E-state index contributed by atoms with van der Waals surface area (Å²) in [6.07, 6.45) is 3.45. The van der Waals surface area contributed by atoms with Crippen LogP contribution in [-0.2, 0) is 6.42 Å². The highest BCUT2D eigenvalue weighted by Crippen LogP contribution is 2.37. The number of aromatic nitrogens is 1. The standard InChI is InChI=1S/C18H20N2O2/c1-11-10-20(13-6-4-12(5-7-13)17(19)22)14-8-18(2,3)9-15(21)16(11)14/h4-7,10H,8-9H2,1-3H3,(H2,19,22). The molecule has 22 heavy (non-hydrogen) atoms. The molecular formula is C18H20N2O2. The van der Waals surface area contributed by atoms with Gasteiger partial charge < -0.3 is 10.3 Å². The largest absolute Gasteiger partial charge is 0.366 e. The van der Waals surface area contributed by atoms with E-state index in [0.29, 0.717) is 12.0 Å². The van der Waals surface area contributed by atoms with Crippen molar-refractivity contribution in [2.45, 2.75) is 33.6 Å². The molecule has 0 bridgehead atoms. The number of hydrogen-bond donors (Lipinski definition) is 1. The highest BCUT2D eigenvalue weighted by atomic mass is 16.1. The monoisotopic (exact) mass is 296 g/mol. The summed E-state index contributed by atoms with van der Waals surface area (Å²) in [4.78, 5) is 23.6. The smallest absolute Gasteiger partial charge is 0.248 e.